The lowest BCUT2D eigenvalue weighted by Gasteiger charge is -2.45. The average molecular weight is 646 g/mol. The largest absolute Gasteiger partial charge is 0.406 e. The topological polar surface area (TPSA) is 142 Å². The van der Waals surface area contributed by atoms with Gasteiger partial charge in [0.2, 0.25) is 0 Å². The molecule has 3 rings (SSSR count). The van der Waals surface area contributed by atoms with Crippen LogP contribution in [0.5, 0.6) is 0 Å². The summed E-state index contributed by atoms with van der Waals surface area (Å²) in [6, 6.07) is 0. The van der Waals surface area contributed by atoms with E-state index in [9.17, 15) is 4.57 Å². The molecular weight excluding hydrogens is 593 g/mol. The molecule has 4 atom stereocenters. The molecule has 42 heavy (non-hydrogen) atoms. The third-order valence-electron chi connectivity index (χ3n) is 8.74. The van der Waals surface area contributed by atoms with Crippen molar-refractivity contribution >= 4 is 41.2 Å². The summed E-state index contributed by atoms with van der Waals surface area (Å²) in [4.78, 5) is 13.1. The van der Waals surface area contributed by atoms with Crippen LogP contribution in [0, 0.1) is 0 Å². The second-order valence-electron chi connectivity index (χ2n) is 14.0. The third-order valence-corrected chi connectivity index (χ3v) is 19.4. The highest BCUT2D eigenvalue weighted by Gasteiger charge is 2.61. The number of rotatable bonds is 12. The fourth-order valence-electron chi connectivity index (χ4n) is 4.23. The number of ether oxygens (including phenoxy) is 2. The molecule has 0 radical (unpaired) electrons. The molecule has 240 valence electrons. The van der Waals surface area contributed by atoms with Crippen LogP contribution in [-0.4, -0.2) is 73.7 Å². The van der Waals surface area contributed by atoms with Crippen LogP contribution in [0.4, 0.5) is 5.82 Å². The molecule has 15 heteroatoms. The van der Waals surface area contributed by atoms with E-state index in [1.165, 1.54) is 6.33 Å². The van der Waals surface area contributed by atoms with Crippen LogP contribution in [0.1, 0.15) is 68.5 Å². The first-order chi connectivity index (χ1) is 19.1. The van der Waals surface area contributed by atoms with E-state index in [1.54, 1.807) is 31.7 Å². The van der Waals surface area contributed by atoms with Gasteiger partial charge in [-0.05, 0) is 57.0 Å². The first-order valence-corrected chi connectivity index (χ1v) is 22.1. The van der Waals surface area contributed by atoms with Crippen LogP contribution in [-0.2, 0) is 31.9 Å². The Bertz CT molecular complexity index is 1270. The Hall–Kier alpha value is -1.23. The number of imidazole rings is 1. The third kappa shape index (κ3) is 7.18. The number of hydrogen-bond donors (Lipinski definition) is 1. The molecule has 1 fully saturated rings. The Morgan fingerprint density at radius 2 is 1.52 bits per heavy atom. The van der Waals surface area contributed by atoms with Crippen molar-refractivity contribution < 1.29 is 31.9 Å². The standard InChI is InChI=1S/C27H52N5O7PSi2/c1-14-35-40(33,36-15-2)18-34-27(9)21(39-42(12,13)26(6,7)8)20(38-41(10,11)25(3,4)5)24(37-27)32-17-31-19-22(28)29-16-30-23(19)32/h16-17,20-21,24H,14-15,18H2,1-13H3,(H2,28,29,30)/t20-,21-,24-,27+/m1/s1. The summed E-state index contributed by atoms with van der Waals surface area (Å²) >= 11 is 0. The highest BCUT2D eigenvalue weighted by atomic mass is 31.2. The highest BCUT2D eigenvalue weighted by molar-refractivity contribution is 7.53. The predicted octanol–water partition coefficient (Wildman–Crippen LogP) is 6.67. The molecule has 1 aliphatic rings. The van der Waals surface area contributed by atoms with Crippen molar-refractivity contribution in [1.29, 1.82) is 0 Å². The van der Waals surface area contributed by atoms with Crippen LogP contribution in [0.15, 0.2) is 12.7 Å². The van der Waals surface area contributed by atoms with Gasteiger partial charge in [0.15, 0.2) is 46.5 Å². The van der Waals surface area contributed by atoms with Crippen molar-refractivity contribution in [2.45, 2.75) is 123 Å². The van der Waals surface area contributed by atoms with Gasteiger partial charge in [0.1, 0.15) is 24.1 Å². The van der Waals surface area contributed by atoms with E-state index in [0.29, 0.717) is 11.2 Å². The highest BCUT2D eigenvalue weighted by Crippen LogP contribution is 2.53. The molecule has 0 saturated carbocycles. The van der Waals surface area contributed by atoms with Crippen molar-refractivity contribution in [1.82, 2.24) is 19.5 Å². The van der Waals surface area contributed by atoms with E-state index >= 15 is 0 Å². The summed E-state index contributed by atoms with van der Waals surface area (Å²) in [5, 5.41) is -0.231. The van der Waals surface area contributed by atoms with E-state index in [-0.39, 0.29) is 35.5 Å². The Labute approximate surface area is 253 Å². The van der Waals surface area contributed by atoms with Crippen LogP contribution < -0.4 is 5.73 Å². The van der Waals surface area contributed by atoms with Gasteiger partial charge in [0, 0.05) is 0 Å². The van der Waals surface area contributed by atoms with Gasteiger partial charge in [0.05, 0.1) is 19.5 Å². The lowest BCUT2D eigenvalue weighted by molar-refractivity contribution is -0.245. The summed E-state index contributed by atoms with van der Waals surface area (Å²) in [5.41, 5.74) is 7.09. The minimum Gasteiger partial charge on any atom is -0.406 e. The van der Waals surface area contributed by atoms with Gasteiger partial charge < -0.3 is 33.1 Å². The first kappa shape index (κ1) is 35.3. The molecule has 2 N–H and O–H groups in total. The lowest BCUT2D eigenvalue weighted by Crippen LogP contribution is -2.56. The number of aromatic nitrogens is 4. The SMILES string of the molecule is CCOP(=O)(CO[C@@]1(C)O[C@@H](n2cnc3c(N)ncnc32)[C@H](O[Si](C)(C)C(C)(C)C)[C@H]1O[Si](C)(C)C(C)(C)C)OCC. The molecule has 1 aliphatic heterocycles. The van der Waals surface area contributed by atoms with Gasteiger partial charge in [0.25, 0.3) is 0 Å². The van der Waals surface area contributed by atoms with Crippen LogP contribution >= 0.6 is 7.60 Å². The second-order valence-corrected chi connectivity index (χ2v) is 25.5. The molecule has 0 aliphatic carbocycles. The zero-order valence-corrected chi connectivity index (χ0v) is 30.6. The molecular formula is C27H52N5O7PSi2. The first-order valence-electron chi connectivity index (χ1n) is 14.6. The summed E-state index contributed by atoms with van der Waals surface area (Å²) in [5.74, 6) is -1.13. The Morgan fingerprint density at radius 3 is 2.05 bits per heavy atom. The van der Waals surface area contributed by atoms with Gasteiger partial charge in [-0.3, -0.25) is 9.13 Å². The van der Waals surface area contributed by atoms with Gasteiger partial charge >= 0.3 is 7.60 Å². The maximum Gasteiger partial charge on any atom is 0.356 e. The van der Waals surface area contributed by atoms with Crippen molar-refractivity contribution in [2.24, 2.45) is 0 Å². The number of nitrogens with two attached hydrogens (primary N) is 1. The number of hydrogen-bond acceptors (Lipinski definition) is 11. The fourth-order valence-corrected chi connectivity index (χ4v) is 8.26. The number of anilines is 1. The van der Waals surface area contributed by atoms with E-state index in [4.69, 9.17) is 33.1 Å². The number of fused-ring (bicyclic) bond motifs is 1. The van der Waals surface area contributed by atoms with E-state index < -0.39 is 48.5 Å². The fraction of sp³-hybridized carbons (Fsp3) is 0.815. The minimum atomic E-state index is -3.57. The number of nitrogens with zero attached hydrogens (tertiary/aromatic N) is 4. The van der Waals surface area contributed by atoms with Crippen molar-refractivity contribution in [3.05, 3.63) is 12.7 Å². The Morgan fingerprint density at radius 1 is 0.976 bits per heavy atom. The van der Waals surface area contributed by atoms with Crippen molar-refractivity contribution in [3.63, 3.8) is 0 Å². The van der Waals surface area contributed by atoms with Crippen molar-refractivity contribution in [3.8, 4) is 0 Å². The molecule has 0 aromatic carbocycles. The second kappa shape index (κ2) is 12.3. The Balaban J connectivity index is 2.20. The lowest BCUT2D eigenvalue weighted by atomic mass is 10.1. The van der Waals surface area contributed by atoms with Crippen LogP contribution in [0.3, 0.4) is 0 Å². The van der Waals surface area contributed by atoms with Gasteiger partial charge in [-0.2, -0.15) is 0 Å². The summed E-state index contributed by atoms with van der Waals surface area (Å²) in [6.45, 7) is 27.6. The van der Waals surface area contributed by atoms with Crippen molar-refractivity contribution in [2.75, 3.05) is 25.3 Å². The molecule has 1 saturated heterocycles. The summed E-state index contributed by atoms with van der Waals surface area (Å²) in [6.07, 6.45) is 0.624. The van der Waals surface area contributed by atoms with E-state index in [1.807, 2.05) is 0 Å². The maximum atomic E-state index is 13.5. The van der Waals surface area contributed by atoms with Crippen LogP contribution in [0.25, 0.3) is 11.2 Å². The van der Waals surface area contributed by atoms with E-state index in [0.717, 1.165) is 0 Å². The smallest absolute Gasteiger partial charge is 0.356 e. The summed E-state index contributed by atoms with van der Waals surface area (Å²) < 4.78 is 53.9. The number of nitrogen functional groups attached to an aromatic ring is 1. The molecule has 2 aromatic heterocycles. The predicted molar refractivity (Wildman–Crippen MR) is 169 cm³/mol. The summed E-state index contributed by atoms with van der Waals surface area (Å²) in [7, 11) is -8.41. The van der Waals surface area contributed by atoms with Crippen LogP contribution in [0.2, 0.25) is 36.3 Å². The Kier molecular flexibility index (Phi) is 10.3. The monoisotopic (exact) mass is 645 g/mol. The molecule has 3 heterocycles. The molecule has 12 nitrogen and oxygen atoms in total. The average Bonchev–Trinajstić information content (AvgIpc) is 3.38. The molecule has 2 aromatic rings. The molecule has 0 bridgehead atoms. The minimum absolute atomic E-state index is 0.109. The van der Waals surface area contributed by atoms with Gasteiger partial charge in [-0.1, -0.05) is 41.5 Å². The van der Waals surface area contributed by atoms with Gasteiger partial charge in [-0.25, -0.2) is 15.0 Å². The zero-order valence-electron chi connectivity index (χ0n) is 27.7. The zero-order chi connectivity index (χ0) is 31.9. The maximum absolute atomic E-state index is 13.5. The molecule has 0 unspecified atom stereocenters. The van der Waals surface area contributed by atoms with E-state index in [2.05, 4.69) is 82.7 Å². The van der Waals surface area contributed by atoms with Gasteiger partial charge in [-0.15, -0.1) is 0 Å². The quantitative estimate of drug-likeness (QED) is 0.195. The normalized spacial score (nSPS) is 24.5. The molecule has 0 amide bonds. The molecule has 0 spiro atoms.